The number of aromatic nitrogens is 1. The third kappa shape index (κ3) is 2.59. The molecule has 1 aromatic heterocycles. The Bertz CT molecular complexity index is 880. The number of aryl methyl sites for hydroxylation is 1. The van der Waals surface area contributed by atoms with Crippen molar-refractivity contribution in [3.05, 3.63) is 33.8 Å². The molecule has 1 aromatic carbocycles. The highest BCUT2D eigenvalue weighted by atomic mass is 32.1. The van der Waals surface area contributed by atoms with Gasteiger partial charge in [-0.15, -0.1) is 11.3 Å². The monoisotopic (exact) mass is 372 g/mol. The highest BCUT2D eigenvalue weighted by Crippen LogP contribution is 2.49. The summed E-state index contributed by atoms with van der Waals surface area (Å²) in [7, 11) is 0. The SMILES string of the molecule is Cc1ccccc1-c1sc(=S)n2c1N(C(C)C)C(=O)C1CCCCC12. The topological polar surface area (TPSA) is 25.2 Å². The summed E-state index contributed by atoms with van der Waals surface area (Å²) in [5, 5.41) is 0. The van der Waals surface area contributed by atoms with E-state index in [4.69, 9.17) is 12.2 Å². The van der Waals surface area contributed by atoms with Gasteiger partial charge < -0.3 is 4.57 Å². The van der Waals surface area contributed by atoms with Crippen molar-refractivity contribution in [3.8, 4) is 10.4 Å². The number of amides is 1. The normalized spacial score (nSPS) is 22.9. The Hall–Kier alpha value is -1.46. The van der Waals surface area contributed by atoms with Crippen LogP contribution in [0.5, 0.6) is 0 Å². The Morgan fingerprint density at radius 3 is 2.64 bits per heavy atom. The zero-order chi connectivity index (χ0) is 17.7. The second kappa shape index (κ2) is 6.36. The largest absolute Gasteiger partial charge is 0.305 e. The standard InChI is InChI=1S/C20H24N2OS2/c1-12(2)21-18-17(14-9-5-4-8-13(14)3)25-20(24)22(18)16-11-7-6-10-15(16)19(21)23/h4-5,8-9,12,15-16H,6-7,10-11H2,1-3H3. The smallest absolute Gasteiger partial charge is 0.233 e. The number of hydrogen-bond donors (Lipinski definition) is 0. The molecule has 25 heavy (non-hydrogen) atoms. The lowest BCUT2D eigenvalue weighted by Crippen LogP contribution is -2.50. The van der Waals surface area contributed by atoms with Crippen molar-refractivity contribution in [2.24, 2.45) is 5.92 Å². The fraction of sp³-hybridized carbons (Fsp3) is 0.500. The summed E-state index contributed by atoms with van der Waals surface area (Å²) in [6.45, 7) is 6.34. The van der Waals surface area contributed by atoms with Crippen molar-refractivity contribution >= 4 is 35.3 Å². The molecule has 132 valence electrons. The van der Waals surface area contributed by atoms with Crippen LogP contribution in [-0.2, 0) is 4.79 Å². The van der Waals surface area contributed by atoms with Crippen molar-refractivity contribution in [2.45, 2.75) is 58.5 Å². The lowest BCUT2D eigenvalue weighted by Gasteiger charge is -2.43. The molecule has 2 aliphatic rings. The molecule has 4 rings (SSSR count). The Morgan fingerprint density at radius 2 is 1.92 bits per heavy atom. The van der Waals surface area contributed by atoms with Crippen molar-refractivity contribution < 1.29 is 4.79 Å². The van der Waals surface area contributed by atoms with Crippen LogP contribution in [0.3, 0.4) is 0 Å². The van der Waals surface area contributed by atoms with Gasteiger partial charge in [-0.1, -0.05) is 37.1 Å². The van der Waals surface area contributed by atoms with Crippen LogP contribution >= 0.6 is 23.6 Å². The zero-order valence-corrected chi connectivity index (χ0v) is 16.6. The van der Waals surface area contributed by atoms with E-state index < -0.39 is 0 Å². The van der Waals surface area contributed by atoms with E-state index in [9.17, 15) is 4.79 Å². The predicted octanol–water partition coefficient (Wildman–Crippen LogP) is 5.74. The van der Waals surface area contributed by atoms with E-state index >= 15 is 0 Å². The summed E-state index contributed by atoms with van der Waals surface area (Å²) >= 11 is 7.45. The quantitative estimate of drug-likeness (QED) is 0.628. The molecule has 0 bridgehead atoms. The van der Waals surface area contributed by atoms with Crippen LogP contribution in [0, 0.1) is 16.8 Å². The number of nitrogens with zero attached hydrogens (tertiary/aromatic N) is 2. The minimum absolute atomic E-state index is 0.0923. The van der Waals surface area contributed by atoms with E-state index in [-0.39, 0.29) is 18.0 Å². The molecule has 0 saturated heterocycles. The molecule has 1 amide bonds. The average molecular weight is 373 g/mol. The summed E-state index contributed by atoms with van der Waals surface area (Å²) in [5.41, 5.74) is 2.42. The first-order valence-corrected chi connectivity index (χ1v) is 10.4. The van der Waals surface area contributed by atoms with Gasteiger partial charge in [-0.25, -0.2) is 0 Å². The second-order valence-electron chi connectivity index (χ2n) is 7.47. The average Bonchev–Trinajstić information content (AvgIpc) is 2.92. The lowest BCUT2D eigenvalue weighted by molar-refractivity contribution is -0.126. The van der Waals surface area contributed by atoms with Gasteiger partial charge in [0.05, 0.1) is 10.8 Å². The van der Waals surface area contributed by atoms with Crippen molar-refractivity contribution in [2.75, 3.05) is 4.90 Å². The van der Waals surface area contributed by atoms with Crippen LogP contribution in [-0.4, -0.2) is 16.5 Å². The summed E-state index contributed by atoms with van der Waals surface area (Å²) in [4.78, 5) is 16.5. The van der Waals surface area contributed by atoms with Gasteiger partial charge in [-0.3, -0.25) is 9.69 Å². The molecule has 1 fully saturated rings. The molecule has 5 heteroatoms. The van der Waals surface area contributed by atoms with E-state index in [0.29, 0.717) is 5.91 Å². The minimum atomic E-state index is 0.0923. The van der Waals surface area contributed by atoms with Crippen molar-refractivity contribution in [1.82, 2.24) is 4.57 Å². The number of hydrogen-bond acceptors (Lipinski definition) is 3. The Morgan fingerprint density at radius 1 is 1.20 bits per heavy atom. The fourth-order valence-electron chi connectivity index (χ4n) is 4.39. The second-order valence-corrected chi connectivity index (χ2v) is 9.11. The first-order chi connectivity index (χ1) is 12.0. The molecular formula is C20H24N2OS2. The molecule has 0 spiro atoms. The number of anilines is 1. The number of benzene rings is 1. The zero-order valence-electron chi connectivity index (χ0n) is 15.0. The third-order valence-corrected chi connectivity index (χ3v) is 6.99. The van der Waals surface area contributed by atoms with Gasteiger partial charge in [-0.05, 0) is 57.0 Å². The molecule has 1 aliphatic heterocycles. The van der Waals surface area contributed by atoms with E-state index in [0.717, 1.165) is 33.9 Å². The van der Waals surface area contributed by atoms with Crippen LogP contribution in [0.25, 0.3) is 10.4 Å². The van der Waals surface area contributed by atoms with Crippen molar-refractivity contribution in [1.29, 1.82) is 0 Å². The van der Waals surface area contributed by atoms with Crippen molar-refractivity contribution in [3.63, 3.8) is 0 Å². The van der Waals surface area contributed by atoms with Gasteiger partial charge in [0.15, 0.2) is 3.95 Å². The Labute approximate surface area is 158 Å². The summed E-state index contributed by atoms with van der Waals surface area (Å²) in [6, 6.07) is 8.77. The molecular weight excluding hydrogens is 348 g/mol. The highest BCUT2D eigenvalue weighted by Gasteiger charge is 2.44. The molecule has 1 aliphatic carbocycles. The summed E-state index contributed by atoms with van der Waals surface area (Å²) < 4.78 is 3.22. The molecule has 1 saturated carbocycles. The molecule has 2 unspecified atom stereocenters. The molecule has 3 nitrogen and oxygen atoms in total. The third-order valence-electron chi connectivity index (χ3n) is 5.57. The number of thiazole rings is 1. The molecule has 2 atom stereocenters. The molecule has 2 aromatic rings. The Kier molecular flexibility index (Phi) is 4.32. The first kappa shape index (κ1) is 17.0. The van der Waals surface area contributed by atoms with Gasteiger partial charge in [-0.2, -0.15) is 0 Å². The molecule has 0 N–H and O–H groups in total. The minimum Gasteiger partial charge on any atom is -0.305 e. The summed E-state index contributed by atoms with van der Waals surface area (Å²) in [6.07, 6.45) is 4.39. The van der Waals surface area contributed by atoms with Crippen LogP contribution in [0.15, 0.2) is 24.3 Å². The first-order valence-electron chi connectivity index (χ1n) is 9.15. The lowest BCUT2D eigenvalue weighted by atomic mass is 9.81. The Balaban J connectivity index is 1.99. The van der Waals surface area contributed by atoms with Crippen LogP contribution in [0.1, 0.15) is 51.1 Å². The molecule has 2 heterocycles. The highest BCUT2D eigenvalue weighted by molar-refractivity contribution is 7.73. The number of carbonyl (C=O) groups is 1. The van der Waals surface area contributed by atoms with Gasteiger partial charge in [0.1, 0.15) is 5.82 Å². The van der Waals surface area contributed by atoms with E-state index in [2.05, 4.69) is 49.6 Å². The molecule has 0 radical (unpaired) electrons. The maximum absolute atomic E-state index is 13.3. The van der Waals surface area contributed by atoms with Gasteiger partial charge in [0.2, 0.25) is 5.91 Å². The maximum atomic E-state index is 13.3. The fourth-order valence-corrected chi connectivity index (χ4v) is 5.98. The van der Waals surface area contributed by atoms with Gasteiger partial charge >= 0.3 is 0 Å². The summed E-state index contributed by atoms with van der Waals surface area (Å²) in [5.74, 6) is 1.42. The van der Waals surface area contributed by atoms with Crippen LogP contribution < -0.4 is 4.90 Å². The number of carbonyl (C=O) groups excluding carboxylic acids is 1. The van der Waals surface area contributed by atoms with E-state index in [1.165, 1.54) is 17.5 Å². The van der Waals surface area contributed by atoms with Gasteiger partial charge in [0.25, 0.3) is 0 Å². The van der Waals surface area contributed by atoms with E-state index in [1.807, 2.05) is 4.90 Å². The predicted molar refractivity (Wildman–Crippen MR) is 107 cm³/mol. The van der Waals surface area contributed by atoms with Crippen LogP contribution in [0.2, 0.25) is 0 Å². The van der Waals surface area contributed by atoms with E-state index in [1.54, 1.807) is 11.3 Å². The maximum Gasteiger partial charge on any atom is 0.233 e. The number of rotatable bonds is 2. The van der Waals surface area contributed by atoms with Gasteiger partial charge in [0, 0.05) is 12.1 Å². The number of fused-ring (bicyclic) bond motifs is 3. The van der Waals surface area contributed by atoms with Crippen LogP contribution in [0.4, 0.5) is 5.82 Å².